The van der Waals surface area contributed by atoms with Crippen molar-refractivity contribution >= 4 is 15.9 Å². The molecule has 0 radical (unpaired) electrons. The Morgan fingerprint density at radius 1 is 1.10 bits per heavy atom. The van der Waals surface area contributed by atoms with Crippen molar-refractivity contribution in [3.05, 3.63) is 64.1 Å². The Hall–Kier alpha value is -1.39. The fourth-order valence-electron chi connectivity index (χ4n) is 1.97. The normalized spacial score (nSPS) is 13.8. The van der Waals surface area contributed by atoms with Crippen LogP contribution < -0.4 is 4.74 Å². The molecule has 4 heteroatoms. The second-order valence-corrected chi connectivity index (χ2v) is 5.48. The predicted octanol–water partition coefficient (Wildman–Crippen LogP) is 4.07. The Morgan fingerprint density at radius 3 is 2.25 bits per heavy atom. The lowest BCUT2D eigenvalue weighted by Gasteiger charge is -2.16. The van der Waals surface area contributed by atoms with Gasteiger partial charge < -0.3 is 9.84 Å². The summed E-state index contributed by atoms with van der Waals surface area (Å²) in [6.07, 6.45) is -2.30. The second-order valence-electron chi connectivity index (χ2n) is 4.56. The summed E-state index contributed by atoms with van der Waals surface area (Å²) < 4.78 is 20.1. The molecule has 0 aliphatic carbocycles. The molecule has 0 heterocycles. The van der Waals surface area contributed by atoms with E-state index >= 15 is 0 Å². The van der Waals surface area contributed by atoms with Crippen LogP contribution in [0, 0.1) is 0 Å². The molecule has 2 aromatic carbocycles. The molecular formula is C16H16BrFO2. The van der Waals surface area contributed by atoms with Gasteiger partial charge in [-0.3, -0.25) is 0 Å². The number of benzene rings is 2. The van der Waals surface area contributed by atoms with E-state index in [9.17, 15) is 9.50 Å². The average Bonchev–Trinajstić information content (AvgIpc) is 2.48. The Labute approximate surface area is 126 Å². The van der Waals surface area contributed by atoms with Gasteiger partial charge in [0.25, 0.3) is 0 Å². The summed E-state index contributed by atoms with van der Waals surface area (Å²) in [5, 5.41) is 10.0. The van der Waals surface area contributed by atoms with Gasteiger partial charge in [-0.25, -0.2) is 4.39 Å². The Balaban J connectivity index is 2.02. The van der Waals surface area contributed by atoms with E-state index in [4.69, 9.17) is 4.74 Å². The monoisotopic (exact) mass is 338 g/mol. The molecule has 0 amide bonds. The van der Waals surface area contributed by atoms with E-state index in [1.54, 1.807) is 55.6 Å². The number of halogens is 2. The summed E-state index contributed by atoms with van der Waals surface area (Å²) in [4.78, 5) is 0. The number of hydrogen-bond donors (Lipinski definition) is 1. The first-order valence-corrected chi connectivity index (χ1v) is 7.10. The molecule has 1 N–H and O–H groups in total. The van der Waals surface area contributed by atoms with Crippen molar-refractivity contribution in [1.29, 1.82) is 0 Å². The van der Waals surface area contributed by atoms with Crippen molar-refractivity contribution in [2.24, 2.45) is 0 Å². The van der Waals surface area contributed by atoms with Gasteiger partial charge in [0.1, 0.15) is 18.0 Å². The van der Waals surface area contributed by atoms with E-state index in [2.05, 4.69) is 15.9 Å². The Morgan fingerprint density at radius 2 is 1.70 bits per heavy atom. The van der Waals surface area contributed by atoms with E-state index in [1.165, 1.54) is 0 Å². The highest BCUT2D eigenvalue weighted by Crippen LogP contribution is 2.24. The highest BCUT2D eigenvalue weighted by molar-refractivity contribution is 9.10. The summed E-state index contributed by atoms with van der Waals surface area (Å²) in [5.41, 5.74) is 1.41. The largest absolute Gasteiger partial charge is 0.497 e. The quantitative estimate of drug-likeness (QED) is 0.890. The lowest BCUT2D eigenvalue weighted by Crippen LogP contribution is -2.16. The highest BCUT2D eigenvalue weighted by atomic mass is 79.9. The van der Waals surface area contributed by atoms with Gasteiger partial charge in [-0.05, 0) is 35.4 Å². The summed E-state index contributed by atoms with van der Waals surface area (Å²) in [6, 6.07) is 14.2. The van der Waals surface area contributed by atoms with Gasteiger partial charge in [0, 0.05) is 10.9 Å². The first-order valence-electron chi connectivity index (χ1n) is 6.30. The van der Waals surface area contributed by atoms with Crippen LogP contribution in [0.4, 0.5) is 4.39 Å². The fraction of sp³-hybridized carbons (Fsp3) is 0.250. The molecule has 0 aliphatic heterocycles. The molecule has 0 bridgehead atoms. The molecule has 0 spiro atoms. The molecule has 2 atom stereocenters. The van der Waals surface area contributed by atoms with Gasteiger partial charge in [0.15, 0.2) is 0 Å². The number of hydrogen-bond acceptors (Lipinski definition) is 2. The van der Waals surface area contributed by atoms with E-state index in [0.717, 1.165) is 15.8 Å². The van der Waals surface area contributed by atoms with Crippen LogP contribution in [0.3, 0.4) is 0 Å². The molecule has 106 valence electrons. The van der Waals surface area contributed by atoms with Crippen LogP contribution in [0.5, 0.6) is 5.75 Å². The topological polar surface area (TPSA) is 29.5 Å². The minimum atomic E-state index is -1.34. The lowest BCUT2D eigenvalue weighted by atomic mass is 9.99. The molecule has 0 aromatic heterocycles. The number of alkyl halides is 1. The third kappa shape index (κ3) is 3.81. The predicted molar refractivity (Wildman–Crippen MR) is 80.7 cm³/mol. The van der Waals surface area contributed by atoms with Crippen molar-refractivity contribution in [2.75, 3.05) is 7.11 Å². The molecule has 0 saturated heterocycles. The van der Waals surface area contributed by atoms with Crippen LogP contribution in [-0.2, 0) is 6.42 Å². The minimum absolute atomic E-state index is 0.168. The van der Waals surface area contributed by atoms with Gasteiger partial charge in [0.2, 0.25) is 0 Å². The second kappa shape index (κ2) is 6.86. The van der Waals surface area contributed by atoms with Crippen molar-refractivity contribution in [2.45, 2.75) is 18.7 Å². The van der Waals surface area contributed by atoms with Crippen molar-refractivity contribution < 1.29 is 14.2 Å². The zero-order valence-corrected chi connectivity index (χ0v) is 12.7. The number of rotatable bonds is 5. The molecule has 0 saturated carbocycles. The van der Waals surface area contributed by atoms with Crippen LogP contribution in [0.1, 0.15) is 17.2 Å². The van der Waals surface area contributed by atoms with Gasteiger partial charge in [-0.1, -0.05) is 40.2 Å². The van der Waals surface area contributed by atoms with Gasteiger partial charge in [-0.15, -0.1) is 0 Å². The SMILES string of the molecule is COc1ccc(C[C@H](F)[C@@H](O)c2ccc(Br)cc2)cc1. The molecular weight excluding hydrogens is 323 g/mol. The highest BCUT2D eigenvalue weighted by Gasteiger charge is 2.20. The number of aliphatic hydroxyl groups excluding tert-OH is 1. The molecule has 2 aromatic rings. The van der Waals surface area contributed by atoms with Crippen molar-refractivity contribution in [3.63, 3.8) is 0 Å². The third-order valence-electron chi connectivity index (χ3n) is 3.14. The van der Waals surface area contributed by atoms with Crippen LogP contribution in [-0.4, -0.2) is 18.4 Å². The van der Waals surface area contributed by atoms with E-state index < -0.39 is 12.3 Å². The minimum Gasteiger partial charge on any atom is -0.497 e. The number of methoxy groups -OCH3 is 1. The first kappa shape index (κ1) is 15.0. The number of ether oxygens (including phenoxy) is 1. The van der Waals surface area contributed by atoms with Crippen LogP contribution in [0.15, 0.2) is 53.0 Å². The maximum absolute atomic E-state index is 14.2. The Kier molecular flexibility index (Phi) is 5.15. The molecule has 0 aliphatic rings. The summed E-state index contributed by atoms with van der Waals surface area (Å²) in [7, 11) is 1.59. The van der Waals surface area contributed by atoms with Crippen LogP contribution in [0.2, 0.25) is 0 Å². The summed E-state index contributed by atoms with van der Waals surface area (Å²) in [5.74, 6) is 0.734. The molecule has 20 heavy (non-hydrogen) atoms. The Bertz CT molecular complexity index is 539. The van der Waals surface area contributed by atoms with Crippen LogP contribution in [0.25, 0.3) is 0 Å². The maximum Gasteiger partial charge on any atom is 0.134 e. The molecule has 2 rings (SSSR count). The lowest BCUT2D eigenvalue weighted by molar-refractivity contribution is 0.0777. The van der Waals surface area contributed by atoms with E-state index in [0.29, 0.717) is 5.56 Å². The molecule has 0 fully saturated rings. The fourth-order valence-corrected chi connectivity index (χ4v) is 2.23. The summed E-state index contributed by atoms with van der Waals surface area (Å²) in [6.45, 7) is 0. The first-order chi connectivity index (χ1) is 9.60. The van der Waals surface area contributed by atoms with Crippen molar-refractivity contribution in [1.82, 2.24) is 0 Å². The van der Waals surface area contributed by atoms with Gasteiger partial charge in [0.05, 0.1) is 7.11 Å². The summed E-state index contributed by atoms with van der Waals surface area (Å²) >= 11 is 3.31. The van der Waals surface area contributed by atoms with Crippen molar-refractivity contribution in [3.8, 4) is 5.75 Å². The van der Waals surface area contributed by atoms with Crippen LogP contribution >= 0.6 is 15.9 Å². The molecule has 0 unspecified atom stereocenters. The maximum atomic E-state index is 14.2. The number of aliphatic hydroxyl groups is 1. The standard InChI is InChI=1S/C16H16BrFO2/c1-20-14-8-2-11(3-9-14)10-15(18)16(19)12-4-6-13(17)7-5-12/h2-9,15-16,19H,10H2,1H3/t15-,16-/m0/s1. The zero-order chi connectivity index (χ0) is 14.5. The third-order valence-corrected chi connectivity index (χ3v) is 3.67. The van der Waals surface area contributed by atoms with E-state index in [1.807, 2.05) is 0 Å². The van der Waals surface area contributed by atoms with Gasteiger partial charge >= 0.3 is 0 Å². The average molecular weight is 339 g/mol. The zero-order valence-electron chi connectivity index (χ0n) is 11.1. The van der Waals surface area contributed by atoms with Gasteiger partial charge in [-0.2, -0.15) is 0 Å². The van der Waals surface area contributed by atoms with E-state index in [-0.39, 0.29) is 6.42 Å². The smallest absolute Gasteiger partial charge is 0.134 e. The molecule has 2 nitrogen and oxygen atoms in total.